The lowest BCUT2D eigenvalue weighted by Crippen LogP contribution is -2.48. The van der Waals surface area contributed by atoms with Crippen LogP contribution in [0.1, 0.15) is 39.5 Å². The van der Waals surface area contributed by atoms with Gasteiger partial charge in [-0.3, -0.25) is 4.79 Å². The molecule has 0 bridgehead atoms. The van der Waals surface area contributed by atoms with Crippen molar-refractivity contribution in [3.05, 3.63) is 12.4 Å². The molecule has 1 aromatic heterocycles. The number of carbonyl (C=O) groups excluding carboxylic acids is 1. The third-order valence-electron chi connectivity index (χ3n) is 5.26. The molecule has 1 unspecified atom stereocenters. The molecular formula is C17H27N5O. The van der Waals surface area contributed by atoms with E-state index >= 15 is 0 Å². The summed E-state index contributed by atoms with van der Waals surface area (Å²) in [4.78, 5) is 24.4. The van der Waals surface area contributed by atoms with Gasteiger partial charge in [-0.2, -0.15) is 0 Å². The van der Waals surface area contributed by atoms with Crippen LogP contribution in [-0.4, -0.2) is 53.5 Å². The van der Waals surface area contributed by atoms with E-state index in [1.807, 2.05) is 18.0 Å². The van der Waals surface area contributed by atoms with Crippen molar-refractivity contribution in [3.8, 4) is 0 Å². The minimum atomic E-state index is 0.137. The number of aromatic nitrogens is 2. The second kappa shape index (κ2) is 6.34. The molecule has 23 heavy (non-hydrogen) atoms. The number of rotatable bonds is 3. The number of hydrogen-bond acceptors (Lipinski definition) is 5. The molecule has 0 spiro atoms. The Labute approximate surface area is 138 Å². The molecule has 1 saturated carbocycles. The molecule has 1 aliphatic carbocycles. The molecule has 2 fully saturated rings. The van der Waals surface area contributed by atoms with E-state index in [1.165, 1.54) is 25.7 Å². The molecule has 0 aromatic carbocycles. The summed E-state index contributed by atoms with van der Waals surface area (Å²) in [6.07, 6.45) is 6.60. The van der Waals surface area contributed by atoms with E-state index in [9.17, 15) is 4.79 Å². The van der Waals surface area contributed by atoms with E-state index < -0.39 is 0 Å². The standard InChI is InChI=1S/C17H27N5O/c1-17(2)7-5-4-6-13(17)20-14-10-15(19-12-18-14)22-9-8-21(3)16(23)11-22/h10,12-13H,4-9,11H2,1-3H3,(H,18,19,20). The van der Waals surface area contributed by atoms with Crippen LogP contribution in [0.25, 0.3) is 0 Å². The fourth-order valence-corrected chi connectivity index (χ4v) is 3.49. The summed E-state index contributed by atoms with van der Waals surface area (Å²) in [5.74, 6) is 1.83. The van der Waals surface area contributed by atoms with Crippen LogP contribution in [0.3, 0.4) is 0 Å². The summed E-state index contributed by atoms with van der Waals surface area (Å²) >= 11 is 0. The minimum absolute atomic E-state index is 0.137. The van der Waals surface area contributed by atoms with Gasteiger partial charge in [0.2, 0.25) is 5.91 Å². The first kappa shape index (κ1) is 16.0. The summed E-state index contributed by atoms with van der Waals surface area (Å²) in [5.41, 5.74) is 0.285. The highest BCUT2D eigenvalue weighted by molar-refractivity contribution is 5.82. The Bertz CT molecular complexity index is 574. The fourth-order valence-electron chi connectivity index (χ4n) is 3.49. The van der Waals surface area contributed by atoms with Crippen LogP contribution < -0.4 is 10.2 Å². The van der Waals surface area contributed by atoms with E-state index in [0.29, 0.717) is 12.6 Å². The molecule has 1 aliphatic heterocycles. The Balaban J connectivity index is 1.71. The molecule has 0 radical (unpaired) electrons. The van der Waals surface area contributed by atoms with Crippen LogP contribution in [0.5, 0.6) is 0 Å². The number of nitrogens with zero attached hydrogens (tertiary/aromatic N) is 4. The maximum Gasteiger partial charge on any atom is 0.241 e. The zero-order valence-electron chi connectivity index (χ0n) is 14.4. The summed E-state index contributed by atoms with van der Waals surface area (Å²) in [7, 11) is 1.85. The van der Waals surface area contributed by atoms with Gasteiger partial charge in [-0.15, -0.1) is 0 Å². The molecule has 126 valence electrons. The van der Waals surface area contributed by atoms with Crippen molar-refractivity contribution in [1.82, 2.24) is 14.9 Å². The first-order chi connectivity index (χ1) is 11.0. The fraction of sp³-hybridized carbons (Fsp3) is 0.706. The smallest absolute Gasteiger partial charge is 0.241 e. The van der Waals surface area contributed by atoms with Crippen molar-refractivity contribution in [2.24, 2.45) is 5.41 Å². The number of likely N-dealkylation sites (N-methyl/N-ethyl adjacent to an activating group) is 1. The third kappa shape index (κ3) is 3.57. The van der Waals surface area contributed by atoms with Crippen LogP contribution in [0.2, 0.25) is 0 Å². The van der Waals surface area contributed by atoms with E-state index in [2.05, 4.69) is 29.1 Å². The maximum atomic E-state index is 11.9. The highest BCUT2D eigenvalue weighted by Crippen LogP contribution is 2.37. The minimum Gasteiger partial charge on any atom is -0.367 e. The van der Waals surface area contributed by atoms with E-state index in [0.717, 1.165) is 24.7 Å². The van der Waals surface area contributed by atoms with Gasteiger partial charge in [0.05, 0.1) is 6.54 Å². The molecule has 1 atom stereocenters. The SMILES string of the molecule is CN1CCN(c2cc(NC3CCCCC3(C)C)ncn2)CC1=O. The Morgan fingerprint density at radius 3 is 2.83 bits per heavy atom. The second-order valence-corrected chi connectivity index (χ2v) is 7.43. The van der Waals surface area contributed by atoms with Gasteiger partial charge in [0.25, 0.3) is 0 Å². The van der Waals surface area contributed by atoms with Crippen LogP contribution in [0, 0.1) is 5.41 Å². The lowest BCUT2D eigenvalue weighted by Gasteiger charge is -2.39. The molecular weight excluding hydrogens is 290 g/mol. The number of anilines is 2. The Hall–Kier alpha value is -1.85. The summed E-state index contributed by atoms with van der Waals surface area (Å²) in [6, 6.07) is 2.41. The first-order valence-corrected chi connectivity index (χ1v) is 8.53. The average Bonchev–Trinajstić information content (AvgIpc) is 2.52. The zero-order valence-corrected chi connectivity index (χ0v) is 14.4. The van der Waals surface area contributed by atoms with Crippen LogP contribution in [0.4, 0.5) is 11.6 Å². The van der Waals surface area contributed by atoms with Crippen LogP contribution in [0.15, 0.2) is 12.4 Å². The second-order valence-electron chi connectivity index (χ2n) is 7.43. The van der Waals surface area contributed by atoms with Crippen LogP contribution in [-0.2, 0) is 4.79 Å². The molecule has 6 heteroatoms. The van der Waals surface area contributed by atoms with Crippen molar-refractivity contribution >= 4 is 17.5 Å². The van der Waals surface area contributed by atoms with E-state index in [4.69, 9.17) is 0 Å². The van der Waals surface area contributed by atoms with Crippen molar-refractivity contribution in [3.63, 3.8) is 0 Å². The Kier molecular flexibility index (Phi) is 4.41. The van der Waals surface area contributed by atoms with E-state index in [1.54, 1.807) is 11.2 Å². The zero-order chi connectivity index (χ0) is 16.4. The number of nitrogens with one attached hydrogen (secondary N) is 1. The van der Waals surface area contributed by atoms with Gasteiger partial charge in [0.1, 0.15) is 18.0 Å². The lowest BCUT2D eigenvalue weighted by molar-refractivity contribution is -0.129. The van der Waals surface area contributed by atoms with Gasteiger partial charge in [0, 0.05) is 32.2 Å². The number of amides is 1. The largest absolute Gasteiger partial charge is 0.367 e. The van der Waals surface area contributed by atoms with Crippen molar-refractivity contribution in [1.29, 1.82) is 0 Å². The molecule has 1 saturated heterocycles. The highest BCUT2D eigenvalue weighted by Gasteiger charge is 2.32. The van der Waals surface area contributed by atoms with Crippen molar-refractivity contribution < 1.29 is 4.79 Å². The van der Waals surface area contributed by atoms with E-state index in [-0.39, 0.29) is 11.3 Å². The van der Waals surface area contributed by atoms with Gasteiger partial charge in [0.15, 0.2) is 0 Å². The molecule has 1 N–H and O–H groups in total. The molecule has 2 heterocycles. The molecule has 3 rings (SSSR count). The normalized spacial score (nSPS) is 24.7. The van der Waals surface area contributed by atoms with Gasteiger partial charge < -0.3 is 15.1 Å². The van der Waals surface area contributed by atoms with Crippen LogP contribution >= 0.6 is 0 Å². The summed E-state index contributed by atoms with van der Waals surface area (Å²) in [5, 5.41) is 3.60. The number of piperazine rings is 1. The lowest BCUT2D eigenvalue weighted by atomic mass is 9.73. The maximum absolute atomic E-state index is 11.9. The molecule has 2 aliphatic rings. The number of hydrogen-bond donors (Lipinski definition) is 1. The topological polar surface area (TPSA) is 61.4 Å². The monoisotopic (exact) mass is 317 g/mol. The predicted octanol–water partition coefficient (Wildman–Crippen LogP) is 2.14. The van der Waals surface area contributed by atoms with Gasteiger partial charge in [-0.1, -0.05) is 26.7 Å². The third-order valence-corrected chi connectivity index (χ3v) is 5.26. The Morgan fingerprint density at radius 1 is 1.26 bits per heavy atom. The quantitative estimate of drug-likeness (QED) is 0.925. The summed E-state index contributed by atoms with van der Waals surface area (Å²) in [6.45, 7) is 6.59. The predicted molar refractivity (Wildman–Crippen MR) is 91.5 cm³/mol. The van der Waals surface area contributed by atoms with Gasteiger partial charge in [-0.05, 0) is 18.3 Å². The highest BCUT2D eigenvalue weighted by atomic mass is 16.2. The Morgan fingerprint density at radius 2 is 2.09 bits per heavy atom. The molecule has 1 amide bonds. The number of carbonyl (C=O) groups is 1. The van der Waals surface area contributed by atoms with Gasteiger partial charge in [-0.25, -0.2) is 9.97 Å². The van der Waals surface area contributed by atoms with Crippen molar-refractivity contribution in [2.45, 2.75) is 45.6 Å². The summed E-state index contributed by atoms with van der Waals surface area (Å²) < 4.78 is 0. The molecule has 1 aromatic rings. The molecule has 6 nitrogen and oxygen atoms in total. The van der Waals surface area contributed by atoms with Crippen molar-refractivity contribution in [2.75, 3.05) is 36.9 Å². The first-order valence-electron chi connectivity index (χ1n) is 8.53. The van der Waals surface area contributed by atoms with Gasteiger partial charge >= 0.3 is 0 Å². The average molecular weight is 317 g/mol.